The van der Waals surface area contributed by atoms with E-state index in [0.717, 1.165) is 12.8 Å². The quantitative estimate of drug-likeness (QED) is 0.545. The zero-order valence-electron chi connectivity index (χ0n) is 10.4. The third kappa shape index (κ3) is 3.98. The van der Waals surface area contributed by atoms with Crippen LogP contribution >= 0.6 is 0 Å². The number of aliphatic hydroxyl groups is 1. The average Bonchev–Trinajstić information content (AvgIpc) is 2.18. The minimum absolute atomic E-state index is 0. The number of hydrogen-bond acceptors (Lipinski definition) is 2. The van der Waals surface area contributed by atoms with Gasteiger partial charge in [-0.1, -0.05) is 27.2 Å². The Morgan fingerprint density at radius 2 is 1.94 bits per heavy atom. The van der Waals surface area contributed by atoms with E-state index in [1.807, 2.05) is 13.8 Å². The van der Waals surface area contributed by atoms with Crippen LogP contribution in [-0.2, 0) is 9.59 Å². The Morgan fingerprint density at radius 1 is 1.39 bits per heavy atom. The van der Waals surface area contributed by atoms with Gasteiger partial charge in [0.05, 0.1) is 0 Å². The largest absolute Gasteiger partial charge is 0 e. The zero-order chi connectivity index (χ0) is 12.3. The van der Waals surface area contributed by atoms with E-state index in [0.29, 0.717) is 6.42 Å². The van der Waals surface area contributed by atoms with Gasteiger partial charge in [0.25, 0.3) is 11.9 Å². The van der Waals surface area contributed by atoms with Crippen LogP contribution in [0.25, 0.3) is 0 Å². The fourth-order valence-corrected chi connectivity index (χ4v) is 2.31. The van der Waals surface area contributed by atoms with Crippen molar-refractivity contribution in [3.8, 4) is 0 Å². The number of rotatable bonds is 4. The molecule has 0 spiro atoms. The van der Waals surface area contributed by atoms with Gasteiger partial charge in [0.2, 0.25) is 5.91 Å². The Hall–Kier alpha value is 0.961. The Bertz CT molecular complexity index is 349. The fourth-order valence-electron chi connectivity index (χ4n) is 2.31. The third-order valence-corrected chi connectivity index (χ3v) is 3.34. The molecule has 0 aromatic rings. The second-order valence-corrected chi connectivity index (χ2v) is 4.21. The van der Waals surface area contributed by atoms with Crippen LogP contribution in [0.3, 0.4) is 0 Å². The summed E-state index contributed by atoms with van der Waals surface area (Å²) in [5.74, 6) is -1.04. The second-order valence-electron chi connectivity index (χ2n) is 4.21. The molecule has 2 amide bonds. The topological polar surface area (TPSA) is 78.8 Å². The Labute approximate surface area is 162 Å². The summed E-state index contributed by atoms with van der Waals surface area (Å²) in [7, 11) is 0. The summed E-state index contributed by atoms with van der Waals surface area (Å²) in [4.78, 5) is 27.2. The second kappa shape index (κ2) is 9.00. The van der Waals surface area contributed by atoms with E-state index in [9.17, 15) is 9.59 Å². The van der Waals surface area contributed by atoms with Crippen molar-refractivity contribution in [3.63, 3.8) is 0 Å². The number of hydrogen-bond donors (Lipinski definition) is 2. The van der Waals surface area contributed by atoms with Crippen LogP contribution in [0.15, 0.2) is 4.99 Å². The minimum Gasteiger partial charge on any atom is 0 e. The summed E-state index contributed by atoms with van der Waals surface area (Å²) in [5.41, 5.74) is -1.11. The van der Waals surface area contributed by atoms with Crippen LogP contribution in [0.5, 0.6) is 0 Å². The first-order valence-corrected chi connectivity index (χ1v) is 5.62. The number of amides is 2. The molecule has 0 radical (unpaired) electrons. The maximum atomic E-state index is 11.9. The number of nitrogens with one attached hydrogen (secondary N) is 1. The molecule has 0 saturated carbocycles. The van der Waals surface area contributed by atoms with Crippen LogP contribution in [0, 0.1) is 52.2 Å². The molecule has 5 nitrogen and oxygen atoms in total. The maximum absolute atomic E-state index is 11.9. The Kier molecular flexibility index (Phi) is 10.6. The molecule has 1 aliphatic heterocycles. The number of amidine groups is 1. The first-order chi connectivity index (χ1) is 7.48. The van der Waals surface area contributed by atoms with Crippen molar-refractivity contribution in [1.82, 2.24) is 5.32 Å². The predicted octanol–water partition coefficient (Wildman–Crippen LogP) is 0.741. The smallest absolute Gasteiger partial charge is 0 e. The summed E-state index contributed by atoms with van der Waals surface area (Å²) in [5, 5.41) is 11.3. The molecule has 2 N–H and O–H groups in total. The van der Waals surface area contributed by atoms with Gasteiger partial charge in [-0.3, -0.25) is 14.9 Å². The average molecular weight is 395 g/mol. The van der Waals surface area contributed by atoms with Crippen LogP contribution < -0.4 is 5.32 Å². The number of carbonyl (C=O) groups excluding carboxylic acids is 2. The first kappa shape index (κ1) is 21.3. The van der Waals surface area contributed by atoms with Gasteiger partial charge in [-0.05, 0) is 18.8 Å². The Balaban J connectivity index is 0. The van der Waals surface area contributed by atoms with Crippen molar-refractivity contribution in [2.75, 3.05) is 0 Å². The molecule has 18 heavy (non-hydrogen) atoms. The molecule has 0 aromatic heterocycles. The van der Waals surface area contributed by atoms with Crippen LogP contribution in [0.2, 0.25) is 0 Å². The monoisotopic (exact) mass is 392 g/mol. The van der Waals surface area contributed by atoms with Gasteiger partial charge in [-0.25, -0.2) is 0 Å². The third-order valence-electron chi connectivity index (χ3n) is 3.34. The van der Waals surface area contributed by atoms with Crippen molar-refractivity contribution in [2.45, 2.75) is 40.0 Å². The van der Waals surface area contributed by atoms with Crippen molar-refractivity contribution in [2.24, 2.45) is 16.3 Å². The van der Waals surface area contributed by atoms with E-state index >= 15 is 0 Å². The van der Waals surface area contributed by atoms with Gasteiger partial charge in [-0.2, -0.15) is 4.99 Å². The van der Waals surface area contributed by atoms with Crippen molar-refractivity contribution >= 4 is 47.4 Å². The molecule has 2 unspecified atom stereocenters. The number of aliphatic imine (C=N–C) groups is 1. The summed E-state index contributed by atoms with van der Waals surface area (Å²) >= 11 is 0. The maximum Gasteiger partial charge on any atom is 0 e. The molecule has 1 heterocycles. The molecule has 96 valence electrons. The molecule has 0 saturated heterocycles. The van der Waals surface area contributed by atoms with Gasteiger partial charge in [0.15, 0.2) is 0 Å². The fraction of sp³-hybridized carbons (Fsp3) is 0.727. The summed E-state index contributed by atoms with van der Waals surface area (Å²) in [6.45, 7) is 5.68. The molecule has 0 fully saturated rings. The number of aliphatic hydroxyl groups excluding tert-OH is 1. The zero-order valence-corrected chi connectivity index (χ0v) is 13.6. The predicted molar refractivity (Wildman–Crippen MR) is 67.2 cm³/mol. The first-order valence-electron chi connectivity index (χ1n) is 5.62. The molecular formula is C11H19N2NaNdO3. The summed E-state index contributed by atoms with van der Waals surface area (Å²) in [6.07, 6.45) is 2.08. The molecule has 7 heteroatoms. The molecule has 0 bridgehead atoms. The van der Waals surface area contributed by atoms with Crippen molar-refractivity contribution in [3.05, 3.63) is 0 Å². The van der Waals surface area contributed by atoms with E-state index in [4.69, 9.17) is 5.11 Å². The van der Waals surface area contributed by atoms with Crippen LogP contribution in [0.1, 0.15) is 40.0 Å². The number of carbonyl (C=O) groups is 2. The van der Waals surface area contributed by atoms with Crippen LogP contribution in [0.4, 0.5) is 0 Å². The number of nitrogens with zero attached hydrogens (tertiary/aromatic N) is 1. The standard InChI is InChI=1S/C11H18N2O3.Na.Nd.H/c1-4-6-7(3)11(5-2)8(14)12-10(16)13-9(11)15;;;/h7H,4-6H2,1-3H3,(H2,12,13,14,15,16);;;. The van der Waals surface area contributed by atoms with E-state index < -0.39 is 23.3 Å². The van der Waals surface area contributed by atoms with Gasteiger partial charge in [-0.15, -0.1) is 0 Å². The summed E-state index contributed by atoms with van der Waals surface area (Å²) in [6, 6.07) is -0.595. The van der Waals surface area contributed by atoms with E-state index in [2.05, 4.69) is 10.3 Å². The van der Waals surface area contributed by atoms with Gasteiger partial charge in [0, 0.05) is 40.8 Å². The van der Waals surface area contributed by atoms with Crippen LogP contribution in [-0.4, -0.2) is 52.5 Å². The van der Waals surface area contributed by atoms with Gasteiger partial charge < -0.3 is 5.11 Å². The van der Waals surface area contributed by atoms with Gasteiger partial charge >= 0.3 is 29.6 Å². The molecule has 0 aliphatic carbocycles. The van der Waals surface area contributed by atoms with Crippen molar-refractivity contribution in [1.29, 1.82) is 0 Å². The van der Waals surface area contributed by atoms with E-state index in [-0.39, 0.29) is 76.3 Å². The van der Waals surface area contributed by atoms with Gasteiger partial charge in [0.1, 0.15) is 5.41 Å². The minimum atomic E-state index is -1.11. The van der Waals surface area contributed by atoms with E-state index in [1.165, 1.54) is 0 Å². The molecule has 0 aromatic carbocycles. The summed E-state index contributed by atoms with van der Waals surface area (Å²) < 4.78 is 0. The molecular weight excluding hydrogens is 375 g/mol. The normalized spacial score (nSPS) is 24.3. The molecule has 2 atom stereocenters. The molecule has 1 aliphatic rings. The van der Waals surface area contributed by atoms with E-state index in [1.54, 1.807) is 6.92 Å². The SMILES string of the molecule is CCCC(C)C1(CC)C(=O)N=C(O)NC1=O.[NaH].[Nd]. The van der Waals surface area contributed by atoms with Crippen molar-refractivity contribution < 1.29 is 55.5 Å². The Morgan fingerprint density at radius 3 is 2.33 bits per heavy atom. The molecule has 1 rings (SSSR count).